The number of nitrogens with one attached hydrogen (secondary N) is 1. The zero-order chi connectivity index (χ0) is 17.0. The van der Waals surface area contributed by atoms with E-state index in [0.29, 0.717) is 5.56 Å². The van der Waals surface area contributed by atoms with Crippen LogP contribution >= 0.6 is 0 Å². The third-order valence-electron chi connectivity index (χ3n) is 3.85. The molecule has 0 aliphatic rings. The van der Waals surface area contributed by atoms with Crippen molar-refractivity contribution in [1.82, 2.24) is 5.32 Å². The van der Waals surface area contributed by atoms with Gasteiger partial charge in [-0.25, -0.2) is 4.39 Å². The maximum atomic E-state index is 13.7. The lowest BCUT2D eigenvalue weighted by Crippen LogP contribution is -2.44. The highest BCUT2D eigenvalue weighted by Crippen LogP contribution is 2.23. The van der Waals surface area contributed by atoms with Gasteiger partial charge in [0.2, 0.25) is 0 Å². The van der Waals surface area contributed by atoms with Gasteiger partial charge in [-0.05, 0) is 31.5 Å². The van der Waals surface area contributed by atoms with Crippen LogP contribution in [0.1, 0.15) is 28.4 Å². The molecule has 0 heterocycles. The average Bonchev–Trinajstić information content (AvgIpc) is 2.55. The Bertz CT molecular complexity index is 730. The highest BCUT2D eigenvalue weighted by Gasteiger charge is 2.35. The first-order chi connectivity index (χ1) is 10.8. The van der Waals surface area contributed by atoms with Gasteiger partial charge >= 0.3 is 5.97 Å². The van der Waals surface area contributed by atoms with Gasteiger partial charge in [-0.15, -0.1) is 0 Å². The summed E-state index contributed by atoms with van der Waals surface area (Å²) in [7, 11) is 0. The molecule has 0 aromatic heterocycles. The van der Waals surface area contributed by atoms with Crippen LogP contribution in [0.5, 0.6) is 0 Å². The van der Waals surface area contributed by atoms with E-state index in [1.165, 1.54) is 19.1 Å². The summed E-state index contributed by atoms with van der Waals surface area (Å²) in [5.41, 5.74) is -0.0686. The summed E-state index contributed by atoms with van der Waals surface area (Å²) in [5.74, 6) is -2.33. The molecule has 2 rings (SSSR count). The molecule has 0 saturated carbocycles. The maximum absolute atomic E-state index is 13.7. The zero-order valence-electron chi connectivity index (χ0n) is 13.0. The van der Waals surface area contributed by atoms with Crippen LogP contribution in [0.3, 0.4) is 0 Å². The normalized spacial score (nSPS) is 13.2. The van der Waals surface area contributed by atoms with E-state index in [4.69, 9.17) is 0 Å². The molecule has 0 fully saturated rings. The Hall–Kier alpha value is -2.69. The number of hydrogen-bond donors (Lipinski definition) is 2. The van der Waals surface area contributed by atoms with Crippen molar-refractivity contribution < 1.29 is 19.1 Å². The number of hydrogen-bond acceptors (Lipinski definition) is 2. The summed E-state index contributed by atoms with van der Waals surface area (Å²) in [5, 5.41) is 12.1. The molecule has 0 aliphatic heterocycles. The molecular formula is C18H18FNO3. The quantitative estimate of drug-likeness (QED) is 0.891. The molecule has 2 aromatic rings. The minimum Gasteiger partial charge on any atom is -0.481 e. The number of rotatable bonds is 5. The van der Waals surface area contributed by atoms with Gasteiger partial charge < -0.3 is 10.4 Å². The van der Waals surface area contributed by atoms with Crippen molar-refractivity contribution in [3.05, 3.63) is 71.0 Å². The lowest BCUT2D eigenvalue weighted by atomic mass is 9.82. The monoisotopic (exact) mass is 315 g/mol. The van der Waals surface area contributed by atoms with E-state index >= 15 is 0 Å². The van der Waals surface area contributed by atoms with Crippen molar-refractivity contribution in [3.63, 3.8) is 0 Å². The van der Waals surface area contributed by atoms with Crippen LogP contribution in [0, 0.1) is 12.7 Å². The van der Waals surface area contributed by atoms with Crippen molar-refractivity contribution >= 4 is 11.9 Å². The van der Waals surface area contributed by atoms with Crippen LogP contribution in [0.15, 0.2) is 48.5 Å². The summed E-state index contributed by atoms with van der Waals surface area (Å²) in [6.07, 6.45) is 0. The molecule has 1 amide bonds. The number of amides is 1. The van der Waals surface area contributed by atoms with E-state index in [-0.39, 0.29) is 12.1 Å². The van der Waals surface area contributed by atoms with Gasteiger partial charge in [0.25, 0.3) is 5.91 Å². The molecule has 0 aliphatic carbocycles. The fourth-order valence-electron chi connectivity index (χ4n) is 2.27. The van der Waals surface area contributed by atoms with E-state index in [9.17, 15) is 19.1 Å². The Morgan fingerprint density at radius 1 is 1.17 bits per heavy atom. The number of carbonyl (C=O) groups excluding carboxylic acids is 1. The smallest absolute Gasteiger partial charge is 0.315 e. The molecule has 2 aromatic carbocycles. The minimum atomic E-state index is -1.29. The maximum Gasteiger partial charge on any atom is 0.315 e. The number of aryl methyl sites for hydroxylation is 1. The van der Waals surface area contributed by atoms with Crippen LogP contribution in [-0.2, 0) is 10.2 Å². The van der Waals surface area contributed by atoms with Crippen molar-refractivity contribution in [2.75, 3.05) is 6.54 Å². The fraction of sp³-hybridized carbons (Fsp3) is 0.222. The van der Waals surface area contributed by atoms with Crippen molar-refractivity contribution in [2.24, 2.45) is 0 Å². The number of carboxylic acids is 1. The average molecular weight is 315 g/mol. The Labute approximate surface area is 134 Å². The molecule has 1 unspecified atom stereocenters. The minimum absolute atomic E-state index is 0.0919. The SMILES string of the molecule is Cc1ccc(F)c(C(=O)NCC(C)(C(=O)O)c2ccccc2)c1. The van der Waals surface area contributed by atoms with Gasteiger partial charge in [0.05, 0.1) is 5.56 Å². The van der Waals surface area contributed by atoms with Crippen LogP contribution < -0.4 is 5.32 Å². The highest BCUT2D eigenvalue weighted by molar-refractivity contribution is 5.95. The summed E-state index contributed by atoms with van der Waals surface area (Å²) >= 11 is 0. The van der Waals surface area contributed by atoms with Gasteiger partial charge in [-0.1, -0.05) is 42.0 Å². The molecule has 4 nitrogen and oxygen atoms in total. The summed E-state index contributed by atoms with van der Waals surface area (Å²) in [6.45, 7) is 3.14. The van der Waals surface area contributed by atoms with Gasteiger partial charge in [-0.2, -0.15) is 0 Å². The third-order valence-corrected chi connectivity index (χ3v) is 3.85. The largest absolute Gasteiger partial charge is 0.481 e. The molecule has 1 atom stereocenters. The van der Waals surface area contributed by atoms with Crippen LogP contribution in [0.4, 0.5) is 4.39 Å². The molecular weight excluding hydrogens is 297 g/mol. The zero-order valence-corrected chi connectivity index (χ0v) is 13.0. The lowest BCUT2D eigenvalue weighted by Gasteiger charge is -2.25. The van der Waals surface area contributed by atoms with Gasteiger partial charge in [0.15, 0.2) is 0 Å². The molecule has 5 heteroatoms. The molecule has 23 heavy (non-hydrogen) atoms. The van der Waals surface area contributed by atoms with E-state index in [1.807, 2.05) is 0 Å². The van der Waals surface area contributed by atoms with Crippen LogP contribution in [0.25, 0.3) is 0 Å². The number of carboxylic acid groups (broad SMARTS) is 1. The van der Waals surface area contributed by atoms with Crippen molar-refractivity contribution in [1.29, 1.82) is 0 Å². The first kappa shape index (κ1) is 16.7. The number of carbonyl (C=O) groups is 2. The second kappa shape index (κ2) is 6.60. The fourth-order valence-corrected chi connectivity index (χ4v) is 2.27. The van der Waals surface area contributed by atoms with Gasteiger partial charge in [0, 0.05) is 6.54 Å². The Balaban J connectivity index is 2.21. The molecule has 0 bridgehead atoms. The topological polar surface area (TPSA) is 66.4 Å². The van der Waals surface area contributed by atoms with Crippen LogP contribution in [-0.4, -0.2) is 23.5 Å². The molecule has 0 saturated heterocycles. The van der Waals surface area contributed by atoms with E-state index in [0.717, 1.165) is 5.56 Å². The van der Waals surface area contributed by atoms with Gasteiger partial charge in [-0.3, -0.25) is 9.59 Å². The Morgan fingerprint density at radius 3 is 2.43 bits per heavy atom. The third kappa shape index (κ3) is 3.56. The van der Waals surface area contributed by atoms with E-state index < -0.39 is 23.1 Å². The first-order valence-electron chi connectivity index (χ1n) is 7.18. The van der Waals surface area contributed by atoms with Crippen LogP contribution in [0.2, 0.25) is 0 Å². The number of benzene rings is 2. The standard InChI is InChI=1S/C18H18FNO3/c1-12-8-9-15(19)14(10-12)16(21)20-11-18(2,17(22)23)13-6-4-3-5-7-13/h3-10H,11H2,1-2H3,(H,20,21)(H,22,23). The highest BCUT2D eigenvalue weighted by atomic mass is 19.1. The molecule has 2 N–H and O–H groups in total. The second-order valence-corrected chi connectivity index (χ2v) is 5.67. The first-order valence-corrected chi connectivity index (χ1v) is 7.18. The predicted octanol–water partition coefficient (Wildman–Crippen LogP) is 2.91. The van der Waals surface area contributed by atoms with Gasteiger partial charge in [0.1, 0.15) is 11.2 Å². The van der Waals surface area contributed by atoms with E-state index in [2.05, 4.69) is 5.32 Å². The van der Waals surface area contributed by atoms with Crippen molar-refractivity contribution in [3.8, 4) is 0 Å². The van der Waals surface area contributed by atoms with E-state index in [1.54, 1.807) is 43.3 Å². The summed E-state index contributed by atoms with van der Waals surface area (Å²) < 4.78 is 13.7. The lowest BCUT2D eigenvalue weighted by molar-refractivity contribution is -0.142. The Morgan fingerprint density at radius 2 is 1.83 bits per heavy atom. The summed E-state index contributed by atoms with van der Waals surface area (Å²) in [4.78, 5) is 23.8. The molecule has 120 valence electrons. The summed E-state index contributed by atoms with van der Waals surface area (Å²) in [6, 6.07) is 12.9. The van der Waals surface area contributed by atoms with Crippen molar-refractivity contribution in [2.45, 2.75) is 19.3 Å². The number of aliphatic carboxylic acids is 1. The predicted molar refractivity (Wildman–Crippen MR) is 84.9 cm³/mol. The number of halogens is 1. The Kier molecular flexibility index (Phi) is 4.79. The molecule has 0 radical (unpaired) electrons. The second-order valence-electron chi connectivity index (χ2n) is 5.67. The molecule has 0 spiro atoms.